The van der Waals surface area contributed by atoms with E-state index in [1.54, 1.807) is 19.2 Å². The second-order valence-corrected chi connectivity index (χ2v) is 8.04. The smallest absolute Gasteiger partial charge is 0.238 e. The van der Waals surface area contributed by atoms with Crippen molar-refractivity contribution in [3.8, 4) is 5.75 Å². The largest absolute Gasteiger partial charge is 0.497 e. The highest BCUT2D eigenvalue weighted by molar-refractivity contribution is 7.92. The summed E-state index contributed by atoms with van der Waals surface area (Å²) in [6.45, 7) is 2.28. The third kappa shape index (κ3) is 4.94. The lowest BCUT2D eigenvalue weighted by Crippen LogP contribution is -2.40. The molecule has 1 aromatic rings. The molecule has 1 heterocycles. The second-order valence-electron chi connectivity index (χ2n) is 5.68. The molecule has 0 radical (unpaired) electrons. The maximum Gasteiger partial charge on any atom is 0.238 e. The van der Waals surface area contributed by atoms with Crippen molar-refractivity contribution in [1.82, 2.24) is 5.32 Å². The van der Waals surface area contributed by atoms with Crippen LogP contribution in [0.3, 0.4) is 0 Å². The van der Waals surface area contributed by atoms with E-state index in [0.717, 1.165) is 18.4 Å². The molecule has 128 valence electrons. The molecule has 1 fully saturated rings. The Morgan fingerprint density at radius 1 is 1.48 bits per heavy atom. The molecule has 7 heteroatoms. The molecule has 0 spiro atoms. The first-order valence-electron chi connectivity index (χ1n) is 7.66. The molecule has 1 amide bonds. The number of hydrogen-bond donors (Lipinski definition) is 1. The van der Waals surface area contributed by atoms with Crippen molar-refractivity contribution in [1.29, 1.82) is 0 Å². The van der Waals surface area contributed by atoms with Crippen LogP contribution in [0, 0.1) is 0 Å². The fraction of sp³-hybridized carbons (Fsp3) is 0.562. The van der Waals surface area contributed by atoms with Crippen LogP contribution in [0.15, 0.2) is 24.3 Å². The highest BCUT2D eigenvalue weighted by atomic mass is 32.2. The van der Waals surface area contributed by atoms with E-state index in [2.05, 4.69) is 5.32 Å². The lowest BCUT2D eigenvalue weighted by atomic mass is 10.2. The zero-order valence-electron chi connectivity index (χ0n) is 13.4. The minimum Gasteiger partial charge on any atom is -0.497 e. The maximum atomic E-state index is 12.3. The lowest BCUT2D eigenvalue weighted by molar-refractivity contribution is -0.120. The molecule has 0 aliphatic carbocycles. The summed E-state index contributed by atoms with van der Waals surface area (Å²) in [5, 5.41) is 1.58. The number of amides is 1. The number of nitrogens with one attached hydrogen (secondary N) is 1. The van der Waals surface area contributed by atoms with Gasteiger partial charge in [0.1, 0.15) is 11.0 Å². The van der Waals surface area contributed by atoms with Crippen LogP contribution in [-0.4, -0.2) is 45.1 Å². The molecule has 23 heavy (non-hydrogen) atoms. The van der Waals surface area contributed by atoms with Crippen molar-refractivity contribution in [3.63, 3.8) is 0 Å². The summed E-state index contributed by atoms with van der Waals surface area (Å²) in [5.74, 6) is 0.0995. The molecule has 1 aliphatic rings. The summed E-state index contributed by atoms with van der Waals surface area (Å²) >= 11 is 0. The number of sulfone groups is 1. The number of rotatable bonds is 7. The van der Waals surface area contributed by atoms with E-state index in [9.17, 15) is 13.2 Å². The maximum absolute atomic E-state index is 12.3. The average molecular weight is 341 g/mol. The summed E-state index contributed by atoms with van der Waals surface area (Å²) in [6, 6.07) is 7.26. The number of methoxy groups -OCH3 is 1. The Balaban J connectivity index is 1.90. The quantitative estimate of drug-likeness (QED) is 0.808. The summed E-state index contributed by atoms with van der Waals surface area (Å²) in [5.41, 5.74) is 0.849. The SMILES string of the molecule is COc1cccc(CNC(=O)[C@@H](C)S(=O)(=O)C[C@@H]2CCCO2)c1. The fourth-order valence-electron chi connectivity index (χ4n) is 2.46. The zero-order valence-corrected chi connectivity index (χ0v) is 14.3. The van der Waals surface area contributed by atoms with Crippen LogP contribution in [0.25, 0.3) is 0 Å². The lowest BCUT2D eigenvalue weighted by Gasteiger charge is -2.16. The van der Waals surface area contributed by atoms with Gasteiger partial charge in [0.05, 0.1) is 19.0 Å². The fourth-order valence-corrected chi connectivity index (χ4v) is 3.94. The Kier molecular flexibility index (Phi) is 6.01. The number of carbonyl (C=O) groups excluding carboxylic acids is 1. The van der Waals surface area contributed by atoms with Gasteiger partial charge in [0, 0.05) is 13.2 Å². The van der Waals surface area contributed by atoms with E-state index in [0.29, 0.717) is 12.4 Å². The van der Waals surface area contributed by atoms with Crippen LogP contribution in [0.1, 0.15) is 25.3 Å². The van der Waals surface area contributed by atoms with Gasteiger partial charge in [-0.25, -0.2) is 8.42 Å². The van der Waals surface area contributed by atoms with Gasteiger partial charge in [-0.3, -0.25) is 4.79 Å². The summed E-state index contributed by atoms with van der Waals surface area (Å²) in [6.07, 6.45) is 1.32. The summed E-state index contributed by atoms with van der Waals surface area (Å²) in [7, 11) is -1.95. The zero-order chi connectivity index (χ0) is 16.9. The monoisotopic (exact) mass is 341 g/mol. The van der Waals surface area contributed by atoms with Crippen molar-refractivity contribution < 1.29 is 22.7 Å². The predicted molar refractivity (Wildman–Crippen MR) is 87.1 cm³/mol. The van der Waals surface area contributed by atoms with Gasteiger partial charge in [-0.1, -0.05) is 12.1 Å². The predicted octanol–water partition coefficient (Wildman–Crippen LogP) is 1.29. The molecule has 2 rings (SSSR count). The summed E-state index contributed by atoms with van der Waals surface area (Å²) in [4.78, 5) is 12.1. The Bertz CT molecular complexity index is 638. The second kappa shape index (κ2) is 7.79. The first kappa shape index (κ1) is 17.7. The molecule has 1 aliphatic heterocycles. The van der Waals surface area contributed by atoms with E-state index in [-0.39, 0.29) is 18.4 Å². The van der Waals surface area contributed by atoms with Gasteiger partial charge >= 0.3 is 0 Å². The number of benzene rings is 1. The molecule has 1 aromatic carbocycles. The minimum atomic E-state index is -3.52. The van der Waals surface area contributed by atoms with Crippen LogP contribution in [0.2, 0.25) is 0 Å². The van der Waals surface area contributed by atoms with Gasteiger partial charge in [-0.05, 0) is 37.5 Å². The standard InChI is InChI=1S/C16H23NO5S/c1-12(23(19,20)11-15-7-4-8-22-15)16(18)17-10-13-5-3-6-14(9-13)21-2/h3,5-6,9,12,15H,4,7-8,10-11H2,1-2H3,(H,17,18)/t12-,15+/m1/s1. The van der Waals surface area contributed by atoms with Gasteiger partial charge in [0.25, 0.3) is 0 Å². The molecule has 0 aromatic heterocycles. The molecule has 1 saturated heterocycles. The van der Waals surface area contributed by atoms with E-state index >= 15 is 0 Å². The van der Waals surface area contributed by atoms with Crippen LogP contribution < -0.4 is 10.1 Å². The molecular formula is C16H23NO5S. The van der Waals surface area contributed by atoms with E-state index in [1.165, 1.54) is 6.92 Å². The Morgan fingerprint density at radius 3 is 2.91 bits per heavy atom. The first-order valence-corrected chi connectivity index (χ1v) is 9.38. The van der Waals surface area contributed by atoms with Gasteiger partial charge < -0.3 is 14.8 Å². The first-order chi connectivity index (χ1) is 10.9. The molecule has 6 nitrogen and oxygen atoms in total. The van der Waals surface area contributed by atoms with E-state index in [1.807, 2.05) is 12.1 Å². The van der Waals surface area contributed by atoms with Crippen LogP contribution in [-0.2, 0) is 25.9 Å². The van der Waals surface area contributed by atoms with Crippen LogP contribution in [0.4, 0.5) is 0 Å². The highest BCUT2D eigenvalue weighted by Gasteiger charge is 2.32. The van der Waals surface area contributed by atoms with Crippen molar-refractivity contribution in [2.45, 2.75) is 37.7 Å². The topological polar surface area (TPSA) is 81.7 Å². The Hall–Kier alpha value is -1.60. The van der Waals surface area contributed by atoms with Gasteiger partial charge in [0.2, 0.25) is 5.91 Å². The molecule has 0 bridgehead atoms. The summed E-state index contributed by atoms with van der Waals surface area (Å²) < 4.78 is 35.0. The van der Waals surface area contributed by atoms with Crippen molar-refractivity contribution in [3.05, 3.63) is 29.8 Å². The average Bonchev–Trinajstić information content (AvgIpc) is 3.04. The van der Waals surface area contributed by atoms with Gasteiger partial charge in [0.15, 0.2) is 9.84 Å². The minimum absolute atomic E-state index is 0.0965. The van der Waals surface area contributed by atoms with Crippen molar-refractivity contribution in [2.75, 3.05) is 19.5 Å². The van der Waals surface area contributed by atoms with Crippen LogP contribution >= 0.6 is 0 Å². The van der Waals surface area contributed by atoms with E-state index in [4.69, 9.17) is 9.47 Å². The number of hydrogen-bond acceptors (Lipinski definition) is 5. The normalized spacial score (nSPS) is 19.3. The molecule has 0 unspecified atom stereocenters. The molecule has 2 atom stereocenters. The Morgan fingerprint density at radius 2 is 2.26 bits per heavy atom. The Labute approximate surface area is 137 Å². The van der Waals surface area contributed by atoms with Crippen molar-refractivity contribution in [2.24, 2.45) is 0 Å². The van der Waals surface area contributed by atoms with Gasteiger partial charge in [-0.2, -0.15) is 0 Å². The number of ether oxygens (including phenoxy) is 2. The third-order valence-electron chi connectivity index (χ3n) is 3.95. The molecule has 1 N–H and O–H groups in total. The van der Waals surface area contributed by atoms with E-state index < -0.39 is 21.0 Å². The van der Waals surface area contributed by atoms with Crippen LogP contribution in [0.5, 0.6) is 5.75 Å². The molecule has 0 saturated carbocycles. The highest BCUT2D eigenvalue weighted by Crippen LogP contribution is 2.17. The third-order valence-corrected chi connectivity index (χ3v) is 6.08. The number of carbonyl (C=O) groups is 1. The van der Waals surface area contributed by atoms with Gasteiger partial charge in [-0.15, -0.1) is 0 Å². The molecular weight excluding hydrogens is 318 g/mol. The van der Waals surface area contributed by atoms with Crippen molar-refractivity contribution >= 4 is 15.7 Å².